The number of hydrogen-bond acceptors (Lipinski definition) is 5. The molecule has 0 aliphatic rings. The zero-order valence-electron chi connectivity index (χ0n) is 11.8. The van der Waals surface area contributed by atoms with Crippen LogP contribution in [0.15, 0.2) is 18.2 Å². The summed E-state index contributed by atoms with van der Waals surface area (Å²) >= 11 is 0. The lowest BCUT2D eigenvalue weighted by Gasteiger charge is -2.10. The number of carboxylic acids is 1. The van der Waals surface area contributed by atoms with E-state index in [0.29, 0.717) is 0 Å². The lowest BCUT2D eigenvalue weighted by molar-refractivity contribution is -0.384. The van der Waals surface area contributed by atoms with Crippen molar-refractivity contribution in [3.63, 3.8) is 0 Å². The van der Waals surface area contributed by atoms with E-state index >= 15 is 0 Å². The molecule has 0 aliphatic heterocycles. The second-order valence-electron chi connectivity index (χ2n) is 4.69. The Morgan fingerprint density at radius 3 is 2.57 bits per heavy atom. The summed E-state index contributed by atoms with van der Waals surface area (Å²) in [5.74, 6) is -1.36. The van der Waals surface area contributed by atoms with E-state index in [1.165, 1.54) is 6.07 Å². The molecule has 8 nitrogen and oxygen atoms in total. The lowest BCUT2D eigenvalue weighted by Crippen LogP contribution is -2.31. The van der Waals surface area contributed by atoms with E-state index in [4.69, 9.17) is 5.11 Å². The Morgan fingerprint density at radius 2 is 2.05 bits per heavy atom. The molecule has 0 atom stereocenters. The molecule has 0 fully saturated rings. The molecule has 0 unspecified atom stereocenters. The zero-order valence-corrected chi connectivity index (χ0v) is 11.8. The van der Waals surface area contributed by atoms with Gasteiger partial charge in [-0.1, -0.05) is 0 Å². The maximum Gasteiger partial charge on any atom is 0.335 e. The van der Waals surface area contributed by atoms with Gasteiger partial charge in [-0.3, -0.25) is 14.9 Å². The van der Waals surface area contributed by atoms with E-state index in [1.807, 2.05) is 13.8 Å². The van der Waals surface area contributed by atoms with Crippen LogP contribution in [0.1, 0.15) is 30.6 Å². The number of nitro groups is 1. The molecule has 0 aromatic heterocycles. The van der Waals surface area contributed by atoms with E-state index in [1.54, 1.807) is 0 Å². The van der Waals surface area contributed by atoms with Crippen molar-refractivity contribution in [3.05, 3.63) is 33.9 Å². The monoisotopic (exact) mass is 295 g/mol. The van der Waals surface area contributed by atoms with Gasteiger partial charge >= 0.3 is 5.97 Å². The van der Waals surface area contributed by atoms with Crippen molar-refractivity contribution in [2.45, 2.75) is 26.3 Å². The molecule has 1 aromatic carbocycles. The highest BCUT2D eigenvalue weighted by Crippen LogP contribution is 2.25. The summed E-state index contributed by atoms with van der Waals surface area (Å²) in [6.45, 7) is 3.82. The van der Waals surface area contributed by atoms with Crippen LogP contribution in [0.5, 0.6) is 0 Å². The van der Waals surface area contributed by atoms with Gasteiger partial charge in [0.05, 0.1) is 10.5 Å². The molecule has 114 valence electrons. The van der Waals surface area contributed by atoms with Crippen LogP contribution in [0, 0.1) is 10.1 Å². The molecule has 0 spiro atoms. The number of rotatable bonds is 7. The SMILES string of the molecule is CC(C)NC(=O)CCNc1cc(C(=O)O)ccc1[N+](=O)[O-]. The molecule has 21 heavy (non-hydrogen) atoms. The fraction of sp³-hybridized carbons (Fsp3) is 0.385. The first-order chi connectivity index (χ1) is 9.81. The first-order valence-corrected chi connectivity index (χ1v) is 6.36. The van der Waals surface area contributed by atoms with Crippen LogP contribution in [0.25, 0.3) is 0 Å². The van der Waals surface area contributed by atoms with Gasteiger partial charge in [-0.25, -0.2) is 4.79 Å². The van der Waals surface area contributed by atoms with Crippen LogP contribution in [-0.2, 0) is 4.79 Å². The van der Waals surface area contributed by atoms with Gasteiger partial charge in [0.2, 0.25) is 5.91 Å². The maximum absolute atomic E-state index is 11.5. The number of carbonyl (C=O) groups excluding carboxylic acids is 1. The maximum atomic E-state index is 11.5. The van der Waals surface area contributed by atoms with Gasteiger partial charge in [-0.15, -0.1) is 0 Å². The van der Waals surface area contributed by atoms with Crippen LogP contribution in [0.4, 0.5) is 11.4 Å². The number of amides is 1. The Kier molecular flexibility index (Phi) is 5.65. The largest absolute Gasteiger partial charge is 0.478 e. The van der Waals surface area contributed by atoms with Gasteiger partial charge in [-0.2, -0.15) is 0 Å². The topological polar surface area (TPSA) is 122 Å². The molecule has 0 radical (unpaired) electrons. The van der Waals surface area contributed by atoms with E-state index in [0.717, 1.165) is 12.1 Å². The zero-order chi connectivity index (χ0) is 16.0. The molecule has 0 aliphatic carbocycles. The van der Waals surface area contributed by atoms with Gasteiger partial charge in [0.1, 0.15) is 5.69 Å². The summed E-state index contributed by atoms with van der Waals surface area (Å²) in [4.78, 5) is 32.6. The molecule has 3 N–H and O–H groups in total. The summed E-state index contributed by atoms with van der Waals surface area (Å²) in [6.07, 6.45) is 0.132. The Bertz CT molecular complexity index is 557. The number of carbonyl (C=O) groups is 2. The van der Waals surface area contributed by atoms with Crippen LogP contribution >= 0.6 is 0 Å². The highest BCUT2D eigenvalue weighted by atomic mass is 16.6. The van der Waals surface area contributed by atoms with E-state index < -0.39 is 10.9 Å². The second kappa shape index (κ2) is 7.22. The van der Waals surface area contributed by atoms with Gasteiger partial charge in [-0.05, 0) is 26.0 Å². The van der Waals surface area contributed by atoms with E-state index in [2.05, 4.69) is 10.6 Å². The number of anilines is 1. The average molecular weight is 295 g/mol. The minimum absolute atomic E-state index is 0.0159. The van der Waals surface area contributed by atoms with Crippen molar-refractivity contribution in [3.8, 4) is 0 Å². The molecule has 0 saturated heterocycles. The van der Waals surface area contributed by atoms with Gasteiger partial charge < -0.3 is 15.7 Å². The quantitative estimate of drug-likeness (QED) is 0.519. The van der Waals surface area contributed by atoms with E-state index in [9.17, 15) is 19.7 Å². The number of nitro benzene ring substituents is 1. The standard InChI is InChI=1S/C13H17N3O5/c1-8(2)15-12(17)5-6-14-10-7-9(13(18)19)3-4-11(10)16(20)21/h3-4,7-8,14H,5-6H2,1-2H3,(H,15,17)(H,18,19). The molecule has 1 aromatic rings. The van der Waals surface area contributed by atoms with Crippen molar-refractivity contribution >= 4 is 23.3 Å². The Hall–Kier alpha value is -2.64. The normalized spacial score (nSPS) is 10.2. The molecular formula is C13H17N3O5. The first-order valence-electron chi connectivity index (χ1n) is 6.36. The number of aromatic carboxylic acids is 1. The van der Waals surface area contributed by atoms with Gasteiger partial charge in [0.25, 0.3) is 5.69 Å². The molecule has 0 bridgehead atoms. The highest BCUT2D eigenvalue weighted by molar-refractivity contribution is 5.90. The van der Waals surface area contributed by atoms with Crippen molar-refractivity contribution in [1.29, 1.82) is 0 Å². The smallest absolute Gasteiger partial charge is 0.335 e. The second-order valence-corrected chi connectivity index (χ2v) is 4.69. The Morgan fingerprint density at radius 1 is 1.38 bits per heavy atom. The third-order valence-corrected chi connectivity index (χ3v) is 2.56. The fourth-order valence-electron chi connectivity index (χ4n) is 1.67. The summed E-state index contributed by atoms with van der Waals surface area (Å²) in [6, 6.07) is 3.49. The number of hydrogen-bond donors (Lipinski definition) is 3. The Balaban J connectivity index is 2.76. The minimum atomic E-state index is -1.18. The van der Waals surface area contributed by atoms with Crippen molar-refractivity contribution in [1.82, 2.24) is 5.32 Å². The number of nitrogens with one attached hydrogen (secondary N) is 2. The Labute approximate surface area is 121 Å². The van der Waals surface area contributed by atoms with Crippen LogP contribution in [0.3, 0.4) is 0 Å². The summed E-state index contributed by atoms with van der Waals surface area (Å²) in [5.41, 5.74) is -0.212. The molecule has 0 saturated carbocycles. The van der Waals surface area contributed by atoms with Crippen molar-refractivity contribution in [2.24, 2.45) is 0 Å². The number of benzene rings is 1. The van der Waals surface area contributed by atoms with Gasteiger partial charge in [0.15, 0.2) is 0 Å². The molecular weight excluding hydrogens is 278 g/mol. The summed E-state index contributed by atoms with van der Waals surface area (Å²) in [7, 11) is 0. The van der Waals surface area contributed by atoms with Crippen molar-refractivity contribution in [2.75, 3.05) is 11.9 Å². The molecule has 8 heteroatoms. The lowest BCUT2D eigenvalue weighted by atomic mass is 10.1. The predicted octanol–water partition coefficient (Wildman–Crippen LogP) is 1.62. The van der Waals surface area contributed by atoms with E-state index in [-0.39, 0.29) is 41.9 Å². The third-order valence-electron chi connectivity index (χ3n) is 2.56. The molecule has 1 amide bonds. The number of carboxylic acid groups (broad SMARTS) is 1. The molecule has 1 rings (SSSR count). The van der Waals surface area contributed by atoms with Gasteiger partial charge in [0, 0.05) is 25.1 Å². The van der Waals surface area contributed by atoms with Crippen molar-refractivity contribution < 1.29 is 19.6 Å². The summed E-state index contributed by atoms with van der Waals surface area (Å²) < 4.78 is 0. The summed E-state index contributed by atoms with van der Waals surface area (Å²) in [5, 5.41) is 25.2. The molecule has 0 heterocycles. The highest BCUT2D eigenvalue weighted by Gasteiger charge is 2.16. The number of nitrogens with zero attached hydrogens (tertiary/aromatic N) is 1. The van der Waals surface area contributed by atoms with Crippen LogP contribution in [-0.4, -0.2) is 34.5 Å². The third kappa shape index (κ3) is 5.09. The minimum Gasteiger partial charge on any atom is -0.478 e. The average Bonchev–Trinajstić information content (AvgIpc) is 2.37. The predicted molar refractivity (Wildman–Crippen MR) is 76.4 cm³/mol. The van der Waals surface area contributed by atoms with Crippen LogP contribution in [0.2, 0.25) is 0 Å². The van der Waals surface area contributed by atoms with Crippen LogP contribution < -0.4 is 10.6 Å². The first kappa shape index (κ1) is 16.4. The fourth-order valence-corrected chi connectivity index (χ4v) is 1.67.